The van der Waals surface area contributed by atoms with E-state index in [-0.39, 0.29) is 18.6 Å². The van der Waals surface area contributed by atoms with E-state index in [0.29, 0.717) is 6.54 Å². The SMILES string of the molecule is CCN1CCN(C(=O)COC)C[C@@H]1c1ncc[nH]1. The Morgan fingerprint density at radius 1 is 1.61 bits per heavy atom. The van der Waals surface area contributed by atoms with Crippen LogP contribution in [-0.4, -0.2) is 65.6 Å². The number of nitrogens with zero attached hydrogens (tertiary/aromatic N) is 3. The molecule has 0 aliphatic carbocycles. The maximum absolute atomic E-state index is 11.9. The van der Waals surface area contributed by atoms with Gasteiger partial charge in [0.15, 0.2) is 0 Å². The quantitative estimate of drug-likeness (QED) is 0.835. The normalized spacial score (nSPS) is 21.2. The molecule has 0 aromatic carbocycles. The molecule has 1 amide bonds. The zero-order valence-electron chi connectivity index (χ0n) is 10.9. The van der Waals surface area contributed by atoms with Gasteiger partial charge in [0.2, 0.25) is 5.91 Å². The summed E-state index contributed by atoms with van der Waals surface area (Å²) in [5.41, 5.74) is 0. The van der Waals surface area contributed by atoms with Crippen molar-refractivity contribution in [2.24, 2.45) is 0 Å². The van der Waals surface area contributed by atoms with Crippen molar-refractivity contribution in [2.45, 2.75) is 13.0 Å². The van der Waals surface area contributed by atoms with E-state index in [0.717, 1.165) is 25.5 Å². The number of aromatic nitrogens is 2. The Kier molecular flexibility index (Phi) is 4.33. The van der Waals surface area contributed by atoms with Crippen molar-refractivity contribution >= 4 is 5.91 Å². The minimum Gasteiger partial charge on any atom is -0.375 e. The molecule has 0 saturated carbocycles. The lowest BCUT2D eigenvalue weighted by Gasteiger charge is -2.40. The Labute approximate surface area is 107 Å². The molecule has 0 spiro atoms. The van der Waals surface area contributed by atoms with Crippen LogP contribution in [0.15, 0.2) is 12.4 Å². The Morgan fingerprint density at radius 2 is 2.44 bits per heavy atom. The minimum atomic E-state index is 0.0461. The van der Waals surface area contributed by atoms with Crippen molar-refractivity contribution in [1.82, 2.24) is 19.8 Å². The predicted octanol–water partition coefficient (Wildman–Crippen LogP) is 0.261. The number of imidazole rings is 1. The summed E-state index contributed by atoms with van der Waals surface area (Å²) in [4.78, 5) is 23.5. The van der Waals surface area contributed by atoms with Crippen LogP contribution >= 0.6 is 0 Å². The second kappa shape index (κ2) is 5.97. The van der Waals surface area contributed by atoms with Gasteiger partial charge in [0.05, 0.1) is 6.04 Å². The molecule has 18 heavy (non-hydrogen) atoms. The van der Waals surface area contributed by atoms with Crippen LogP contribution in [0.1, 0.15) is 18.8 Å². The molecule has 1 aromatic heterocycles. The number of aromatic amines is 1. The fourth-order valence-corrected chi connectivity index (χ4v) is 2.36. The van der Waals surface area contributed by atoms with Crippen LogP contribution in [0.25, 0.3) is 0 Å². The van der Waals surface area contributed by atoms with Crippen LogP contribution in [-0.2, 0) is 9.53 Å². The number of ether oxygens (including phenoxy) is 1. The van der Waals surface area contributed by atoms with E-state index < -0.39 is 0 Å². The molecule has 1 N–H and O–H groups in total. The lowest BCUT2D eigenvalue weighted by atomic mass is 10.1. The third kappa shape index (κ3) is 2.70. The van der Waals surface area contributed by atoms with Gasteiger partial charge in [0, 0.05) is 39.1 Å². The van der Waals surface area contributed by atoms with Gasteiger partial charge in [-0.3, -0.25) is 9.69 Å². The number of H-pyrrole nitrogens is 1. The van der Waals surface area contributed by atoms with Crippen molar-refractivity contribution in [1.29, 1.82) is 0 Å². The van der Waals surface area contributed by atoms with Gasteiger partial charge in [0.25, 0.3) is 0 Å². The molecule has 2 rings (SSSR count). The van der Waals surface area contributed by atoms with Gasteiger partial charge in [-0.15, -0.1) is 0 Å². The summed E-state index contributed by atoms with van der Waals surface area (Å²) < 4.78 is 4.91. The smallest absolute Gasteiger partial charge is 0.248 e. The number of methoxy groups -OCH3 is 1. The van der Waals surface area contributed by atoms with Gasteiger partial charge >= 0.3 is 0 Å². The molecule has 100 valence electrons. The highest BCUT2D eigenvalue weighted by Crippen LogP contribution is 2.22. The summed E-state index contributed by atoms with van der Waals surface area (Å²) in [6, 6.07) is 0.152. The van der Waals surface area contributed by atoms with Gasteiger partial charge in [-0.1, -0.05) is 6.92 Å². The number of amides is 1. The van der Waals surface area contributed by atoms with Crippen LogP contribution in [0.5, 0.6) is 0 Å². The van der Waals surface area contributed by atoms with Crippen LogP contribution in [0.4, 0.5) is 0 Å². The minimum absolute atomic E-state index is 0.0461. The summed E-state index contributed by atoms with van der Waals surface area (Å²) in [6.45, 7) is 5.53. The van der Waals surface area contributed by atoms with Crippen molar-refractivity contribution in [2.75, 3.05) is 39.9 Å². The maximum Gasteiger partial charge on any atom is 0.248 e. The third-order valence-corrected chi connectivity index (χ3v) is 3.35. The highest BCUT2D eigenvalue weighted by atomic mass is 16.5. The monoisotopic (exact) mass is 252 g/mol. The van der Waals surface area contributed by atoms with Crippen molar-refractivity contribution in [3.63, 3.8) is 0 Å². The number of piperazine rings is 1. The predicted molar refractivity (Wildman–Crippen MR) is 67.0 cm³/mol. The molecule has 1 saturated heterocycles. The highest BCUT2D eigenvalue weighted by molar-refractivity contribution is 5.77. The largest absolute Gasteiger partial charge is 0.375 e. The summed E-state index contributed by atoms with van der Waals surface area (Å²) in [5.74, 6) is 0.969. The lowest BCUT2D eigenvalue weighted by molar-refractivity contribution is -0.138. The van der Waals surface area contributed by atoms with Crippen molar-refractivity contribution in [3.05, 3.63) is 18.2 Å². The summed E-state index contributed by atoms with van der Waals surface area (Å²) in [5, 5.41) is 0. The summed E-state index contributed by atoms with van der Waals surface area (Å²) >= 11 is 0. The van der Waals surface area contributed by atoms with E-state index in [2.05, 4.69) is 21.8 Å². The second-order valence-electron chi connectivity index (χ2n) is 4.39. The molecule has 1 atom stereocenters. The lowest BCUT2D eigenvalue weighted by Crippen LogP contribution is -2.51. The van der Waals surface area contributed by atoms with Gasteiger partial charge in [-0.25, -0.2) is 4.98 Å². The first-order valence-electron chi connectivity index (χ1n) is 6.26. The Bertz CT molecular complexity index is 379. The van der Waals surface area contributed by atoms with Crippen LogP contribution < -0.4 is 0 Å². The molecule has 6 heteroatoms. The number of carbonyl (C=O) groups is 1. The molecule has 1 aliphatic rings. The van der Waals surface area contributed by atoms with E-state index >= 15 is 0 Å². The first-order chi connectivity index (χ1) is 8.76. The fourth-order valence-electron chi connectivity index (χ4n) is 2.36. The van der Waals surface area contributed by atoms with Gasteiger partial charge in [-0.2, -0.15) is 0 Å². The van der Waals surface area contributed by atoms with Gasteiger partial charge < -0.3 is 14.6 Å². The maximum atomic E-state index is 11.9. The molecule has 6 nitrogen and oxygen atoms in total. The molecule has 1 aliphatic heterocycles. The van der Waals surface area contributed by atoms with Crippen molar-refractivity contribution in [3.8, 4) is 0 Å². The number of hydrogen-bond donors (Lipinski definition) is 1. The van der Waals surface area contributed by atoms with Gasteiger partial charge in [-0.05, 0) is 6.54 Å². The zero-order valence-corrected chi connectivity index (χ0v) is 10.9. The summed E-state index contributed by atoms with van der Waals surface area (Å²) in [6.07, 6.45) is 3.57. The number of hydrogen-bond acceptors (Lipinski definition) is 4. The zero-order chi connectivity index (χ0) is 13.0. The van der Waals surface area contributed by atoms with Gasteiger partial charge in [0.1, 0.15) is 12.4 Å². The molecule has 0 unspecified atom stereocenters. The Morgan fingerprint density at radius 3 is 3.06 bits per heavy atom. The van der Waals surface area contributed by atoms with Crippen LogP contribution in [0, 0.1) is 0 Å². The fraction of sp³-hybridized carbons (Fsp3) is 0.667. The standard InChI is InChI=1S/C12H20N4O2/c1-3-15-6-7-16(11(17)9-18-2)8-10(15)12-13-4-5-14-12/h4-5,10H,3,6-9H2,1-2H3,(H,13,14)/t10-/m1/s1. The molecule has 0 bridgehead atoms. The van der Waals surface area contributed by atoms with E-state index in [1.807, 2.05) is 11.1 Å². The molecule has 0 radical (unpaired) electrons. The Hall–Kier alpha value is -1.40. The molecular formula is C12H20N4O2. The second-order valence-corrected chi connectivity index (χ2v) is 4.39. The molecule has 1 aromatic rings. The first-order valence-corrected chi connectivity index (χ1v) is 6.26. The average molecular weight is 252 g/mol. The Balaban J connectivity index is 2.07. The number of likely N-dealkylation sites (N-methyl/N-ethyl adjacent to an activating group) is 1. The van der Waals surface area contributed by atoms with E-state index in [4.69, 9.17) is 4.74 Å². The van der Waals surface area contributed by atoms with Crippen LogP contribution in [0.3, 0.4) is 0 Å². The first kappa shape index (κ1) is 13.0. The summed E-state index contributed by atoms with van der Waals surface area (Å²) in [7, 11) is 1.55. The number of carbonyl (C=O) groups excluding carboxylic acids is 1. The third-order valence-electron chi connectivity index (χ3n) is 3.35. The molecular weight excluding hydrogens is 232 g/mol. The van der Waals surface area contributed by atoms with E-state index in [1.54, 1.807) is 13.3 Å². The number of rotatable bonds is 4. The number of nitrogens with one attached hydrogen (secondary N) is 1. The highest BCUT2D eigenvalue weighted by Gasteiger charge is 2.30. The van der Waals surface area contributed by atoms with E-state index in [1.165, 1.54) is 0 Å². The van der Waals surface area contributed by atoms with E-state index in [9.17, 15) is 4.79 Å². The average Bonchev–Trinajstić information content (AvgIpc) is 2.92. The topological polar surface area (TPSA) is 61.5 Å². The molecule has 2 heterocycles. The molecule has 1 fully saturated rings. The van der Waals surface area contributed by atoms with Crippen molar-refractivity contribution < 1.29 is 9.53 Å². The van der Waals surface area contributed by atoms with Crippen LogP contribution in [0.2, 0.25) is 0 Å².